The molecule has 1 amide bonds. The molecule has 0 bridgehead atoms. The molecule has 1 atom stereocenters. The van der Waals surface area contributed by atoms with Crippen molar-refractivity contribution >= 4 is 5.91 Å². The van der Waals surface area contributed by atoms with E-state index in [2.05, 4.69) is 17.3 Å². The molecule has 19 heavy (non-hydrogen) atoms. The lowest BCUT2D eigenvalue weighted by Crippen LogP contribution is -2.31. The maximum absolute atomic E-state index is 12.2. The van der Waals surface area contributed by atoms with Crippen LogP contribution in [-0.2, 0) is 13.0 Å². The zero-order chi connectivity index (χ0) is 14.3. The van der Waals surface area contributed by atoms with E-state index in [4.69, 9.17) is 5.73 Å². The Labute approximate surface area is 115 Å². The van der Waals surface area contributed by atoms with Gasteiger partial charge < -0.3 is 11.1 Å². The summed E-state index contributed by atoms with van der Waals surface area (Å²) in [5.41, 5.74) is 7.18. The van der Waals surface area contributed by atoms with Crippen molar-refractivity contribution in [2.75, 3.05) is 13.1 Å². The first-order chi connectivity index (χ1) is 9.15. The minimum Gasteiger partial charge on any atom is -0.350 e. The summed E-state index contributed by atoms with van der Waals surface area (Å²) < 4.78 is 1.76. The van der Waals surface area contributed by atoms with Crippen molar-refractivity contribution in [2.45, 2.75) is 46.6 Å². The fourth-order valence-corrected chi connectivity index (χ4v) is 2.08. The van der Waals surface area contributed by atoms with Crippen LogP contribution in [0.2, 0.25) is 0 Å². The van der Waals surface area contributed by atoms with Gasteiger partial charge in [0.1, 0.15) is 5.69 Å². The van der Waals surface area contributed by atoms with Gasteiger partial charge in [-0.25, -0.2) is 0 Å². The standard InChI is InChI=1S/C14H26N4O/c1-4-11(7-8-15)10-16-14(19)13-9-12(5-2)17-18(13)6-3/h9,11H,4-8,10,15H2,1-3H3,(H,16,19). The quantitative estimate of drug-likeness (QED) is 0.750. The normalized spacial score (nSPS) is 12.4. The summed E-state index contributed by atoms with van der Waals surface area (Å²) in [6.45, 7) is 8.22. The maximum atomic E-state index is 12.2. The topological polar surface area (TPSA) is 72.9 Å². The molecule has 0 aliphatic carbocycles. The van der Waals surface area contributed by atoms with Gasteiger partial charge in [0, 0.05) is 13.1 Å². The molecule has 1 unspecified atom stereocenters. The number of hydrogen-bond acceptors (Lipinski definition) is 3. The first kappa shape index (κ1) is 15.7. The lowest BCUT2D eigenvalue weighted by molar-refractivity contribution is 0.0935. The largest absolute Gasteiger partial charge is 0.350 e. The van der Waals surface area contributed by atoms with Crippen molar-refractivity contribution in [3.8, 4) is 0 Å². The van der Waals surface area contributed by atoms with Gasteiger partial charge in [0.15, 0.2) is 0 Å². The maximum Gasteiger partial charge on any atom is 0.269 e. The van der Waals surface area contributed by atoms with Crippen LogP contribution in [0.25, 0.3) is 0 Å². The number of rotatable bonds is 8. The zero-order valence-corrected chi connectivity index (χ0v) is 12.3. The molecule has 0 aliphatic rings. The van der Waals surface area contributed by atoms with Crippen molar-refractivity contribution in [1.82, 2.24) is 15.1 Å². The van der Waals surface area contributed by atoms with E-state index in [1.165, 1.54) is 0 Å². The summed E-state index contributed by atoms with van der Waals surface area (Å²) >= 11 is 0. The van der Waals surface area contributed by atoms with E-state index < -0.39 is 0 Å². The summed E-state index contributed by atoms with van der Waals surface area (Å²) in [5, 5.41) is 7.38. The predicted octanol–water partition coefficient (Wildman–Crippen LogP) is 1.57. The number of aryl methyl sites for hydroxylation is 2. The molecule has 0 radical (unpaired) electrons. The van der Waals surface area contributed by atoms with Crippen LogP contribution in [0.3, 0.4) is 0 Å². The Kier molecular flexibility index (Phi) is 6.56. The molecule has 5 nitrogen and oxygen atoms in total. The van der Waals surface area contributed by atoms with Crippen LogP contribution in [0.4, 0.5) is 0 Å². The number of carbonyl (C=O) groups excluding carboxylic acids is 1. The average molecular weight is 266 g/mol. The summed E-state index contributed by atoms with van der Waals surface area (Å²) in [6, 6.07) is 1.88. The Morgan fingerprint density at radius 3 is 2.74 bits per heavy atom. The second kappa shape index (κ2) is 7.94. The molecular formula is C14H26N4O. The van der Waals surface area contributed by atoms with Crippen molar-refractivity contribution in [1.29, 1.82) is 0 Å². The van der Waals surface area contributed by atoms with Gasteiger partial charge in [0.2, 0.25) is 0 Å². The highest BCUT2D eigenvalue weighted by Gasteiger charge is 2.15. The van der Waals surface area contributed by atoms with Gasteiger partial charge in [-0.05, 0) is 38.3 Å². The Morgan fingerprint density at radius 1 is 1.47 bits per heavy atom. The molecule has 108 valence electrons. The molecule has 0 saturated carbocycles. The van der Waals surface area contributed by atoms with Gasteiger partial charge in [-0.1, -0.05) is 20.3 Å². The van der Waals surface area contributed by atoms with Crippen LogP contribution in [0, 0.1) is 5.92 Å². The monoisotopic (exact) mass is 266 g/mol. The van der Waals surface area contributed by atoms with Crippen LogP contribution in [0.15, 0.2) is 6.07 Å². The van der Waals surface area contributed by atoms with Gasteiger partial charge in [0.05, 0.1) is 5.69 Å². The Bertz CT molecular complexity index is 400. The SMILES string of the molecule is CCc1cc(C(=O)NCC(CC)CCN)n(CC)n1. The van der Waals surface area contributed by atoms with Crippen molar-refractivity contribution in [2.24, 2.45) is 11.7 Å². The smallest absolute Gasteiger partial charge is 0.269 e. The molecule has 0 aromatic carbocycles. The van der Waals surface area contributed by atoms with Crippen LogP contribution >= 0.6 is 0 Å². The van der Waals surface area contributed by atoms with Gasteiger partial charge in [-0.3, -0.25) is 9.48 Å². The van der Waals surface area contributed by atoms with Gasteiger partial charge in [-0.15, -0.1) is 0 Å². The first-order valence-corrected chi connectivity index (χ1v) is 7.21. The molecule has 5 heteroatoms. The van der Waals surface area contributed by atoms with Crippen LogP contribution in [0.5, 0.6) is 0 Å². The van der Waals surface area contributed by atoms with Gasteiger partial charge in [0.25, 0.3) is 5.91 Å². The summed E-state index contributed by atoms with van der Waals surface area (Å²) in [7, 11) is 0. The molecular weight excluding hydrogens is 240 g/mol. The van der Waals surface area contributed by atoms with Crippen LogP contribution in [0.1, 0.15) is 49.8 Å². The van der Waals surface area contributed by atoms with Crippen molar-refractivity contribution in [3.05, 3.63) is 17.5 Å². The number of aromatic nitrogens is 2. The van der Waals surface area contributed by atoms with Crippen LogP contribution in [-0.4, -0.2) is 28.8 Å². The second-order valence-electron chi connectivity index (χ2n) is 4.75. The average Bonchev–Trinajstić information content (AvgIpc) is 2.86. The molecule has 1 rings (SSSR count). The molecule has 0 spiro atoms. The molecule has 1 heterocycles. The first-order valence-electron chi connectivity index (χ1n) is 7.21. The van der Waals surface area contributed by atoms with Crippen molar-refractivity contribution in [3.63, 3.8) is 0 Å². The molecule has 1 aromatic rings. The number of carbonyl (C=O) groups is 1. The van der Waals surface area contributed by atoms with E-state index in [9.17, 15) is 4.79 Å². The van der Waals surface area contributed by atoms with Crippen molar-refractivity contribution < 1.29 is 4.79 Å². The third kappa shape index (κ3) is 4.35. The summed E-state index contributed by atoms with van der Waals surface area (Å²) in [5.74, 6) is 0.419. The molecule has 0 aliphatic heterocycles. The Balaban J connectivity index is 2.64. The minimum absolute atomic E-state index is 0.0375. The molecule has 1 aromatic heterocycles. The predicted molar refractivity (Wildman–Crippen MR) is 77.1 cm³/mol. The summed E-state index contributed by atoms with van der Waals surface area (Å²) in [6.07, 6.45) is 2.83. The molecule has 3 N–H and O–H groups in total. The van der Waals surface area contributed by atoms with Gasteiger partial charge in [-0.2, -0.15) is 5.10 Å². The zero-order valence-electron chi connectivity index (χ0n) is 12.3. The third-order valence-electron chi connectivity index (χ3n) is 3.43. The second-order valence-corrected chi connectivity index (χ2v) is 4.75. The highest BCUT2D eigenvalue weighted by Crippen LogP contribution is 2.08. The van der Waals surface area contributed by atoms with E-state index in [0.717, 1.165) is 25.0 Å². The molecule has 0 fully saturated rings. The highest BCUT2D eigenvalue weighted by atomic mass is 16.2. The number of amides is 1. The lowest BCUT2D eigenvalue weighted by atomic mass is 10.0. The van der Waals surface area contributed by atoms with Gasteiger partial charge >= 0.3 is 0 Å². The van der Waals surface area contributed by atoms with E-state index in [1.807, 2.05) is 19.9 Å². The lowest BCUT2D eigenvalue weighted by Gasteiger charge is -2.14. The minimum atomic E-state index is -0.0375. The Morgan fingerprint density at radius 2 is 2.21 bits per heavy atom. The number of nitrogens with one attached hydrogen (secondary N) is 1. The van der Waals surface area contributed by atoms with E-state index in [0.29, 0.717) is 31.2 Å². The fraction of sp³-hybridized carbons (Fsp3) is 0.714. The fourth-order valence-electron chi connectivity index (χ4n) is 2.08. The van der Waals surface area contributed by atoms with E-state index >= 15 is 0 Å². The highest BCUT2D eigenvalue weighted by molar-refractivity contribution is 5.92. The molecule has 0 saturated heterocycles. The van der Waals surface area contributed by atoms with E-state index in [-0.39, 0.29) is 5.91 Å². The number of hydrogen-bond donors (Lipinski definition) is 2. The summed E-state index contributed by atoms with van der Waals surface area (Å²) in [4.78, 5) is 12.2. The number of nitrogens with zero attached hydrogens (tertiary/aromatic N) is 2. The third-order valence-corrected chi connectivity index (χ3v) is 3.43. The van der Waals surface area contributed by atoms with Crippen LogP contribution < -0.4 is 11.1 Å². The Hall–Kier alpha value is -1.36. The van der Waals surface area contributed by atoms with E-state index in [1.54, 1.807) is 4.68 Å². The number of nitrogens with two attached hydrogens (primary N) is 1.